The lowest BCUT2D eigenvalue weighted by molar-refractivity contribution is 0.232. The van der Waals surface area contributed by atoms with E-state index in [0.29, 0.717) is 0 Å². The highest BCUT2D eigenvalue weighted by Gasteiger charge is 2.05. The summed E-state index contributed by atoms with van der Waals surface area (Å²) in [6, 6.07) is 10.2. The molecule has 2 nitrogen and oxygen atoms in total. The lowest BCUT2D eigenvalue weighted by Crippen LogP contribution is -2.08. The first-order chi connectivity index (χ1) is 7.16. The zero-order valence-corrected chi connectivity index (χ0v) is 9.32. The summed E-state index contributed by atoms with van der Waals surface area (Å²) in [5.74, 6) is 0.740. The van der Waals surface area contributed by atoms with Crippen molar-refractivity contribution in [3.05, 3.63) is 35.9 Å². The van der Waals surface area contributed by atoms with Crippen LogP contribution in [0.2, 0.25) is 0 Å². The number of ether oxygens (including phenoxy) is 1. The molecule has 0 N–H and O–H groups in total. The van der Waals surface area contributed by atoms with Crippen molar-refractivity contribution in [3.63, 3.8) is 0 Å². The van der Waals surface area contributed by atoms with Crippen LogP contribution in [0.4, 0.5) is 0 Å². The van der Waals surface area contributed by atoms with Crippen molar-refractivity contribution in [2.24, 2.45) is 0 Å². The summed E-state index contributed by atoms with van der Waals surface area (Å²) in [5, 5.41) is 1.16. The second-order valence-electron chi connectivity index (χ2n) is 3.97. The van der Waals surface area contributed by atoms with E-state index in [0.717, 1.165) is 22.3 Å². The zero-order chi connectivity index (χ0) is 10.8. The number of para-hydroxylation sites is 1. The summed E-state index contributed by atoms with van der Waals surface area (Å²) in [7, 11) is 0. The Labute approximate surface area is 89.9 Å². The SMILES string of the molecule is Cc1cc2ccccc2nc1OC(C)C. The Morgan fingerprint density at radius 1 is 1.20 bits per heavy atom. The number of hydrogen-bond donors (Lipinski definition) is 0. The molecule has 0 saturated carbocycles. The maximum atomic E-state index is 5.64. The summed E-state index contributed by atoms with van der Waals surface area (Å²) in [6.07, 6.45) is 0.164. The van der Waals surface area contributed by atoms with Gasteiger partial charge in [-0.15, -0.1) is 0 Å². The second-order valence-corrected chi connectivity index (χ2v) is 3.97. The molecule has 0 spiro atoms. The molecule has 2 aromatic rings. The molecule has 2 rings (SSSR count). The Hall–Kier alpha value is -1.57. The van der Waals surface area contributed by atoms with E-state index in [-0.39, 0.29) is 6.10 Å². The number of fused-ring (bicyclic) bond motifs is 1. The molecule has 0 fully saturated rings. The van der Waals surface area contributed by atoms with Crippen LogP contribution in [0.15, 0.2) is 30.3 Å². The van der Waals surface area contributed by atoms with E-state index in [2.05, 4.69) is 17.1 Å². The summed E-state index contributed by atoms with van der Waals surface area (Å²) in [4.78, 5) is 4.49. The minimum Gasteiger partial charge on any atom is -0.475 e. The third-order valence-corrected chi connectivity index (χ3v) is 2.22. The topological polar surface area (TPSA) is 22.1 Å². The van der Waals surface area contributed by atoms with Gasteiger partial charge in [-0.1, -0.05) is 18.2 Å². The number of hydrogen-bond acceptors (Lipinski definition) is 2. The van der Waals surface area contributed by atoms with E-state index in [4.69, 9.17) is 4.74 Å². The van der Waals surface area contributed by atoms with Crippen molar-refractivity contribution in [3.8, 4) is 5.88 Å². The fourth-order valence-corrected chi connectivity index (χ4v) is 1.55. The molecule has 1 aromatic carbocycles. The van der Waals surface area contributed by atoms with Crippen molar-refractivity contribution < 1.29 is 4.74 Å². The summed E-state index contributed by atoms with van der Waals surface area (Å²) < 4.78 is 5.64. The normalized spacial score (nSPS) is 10.9. The van der Waals surface area contributed by atoms with Crippen LogP contribution in [0.5, 0.6) is 5.88 Å². The average molecular weight is 201 g/mol. The van der Waals surface area contributed by atoms with Crippen LogP contribution < -0.4 is 4.74 Å². The van der Waals surface area contributed by atoms with Gasteiger partial charge < -0.3 is 4.74 Å². The predicted molar refractivity (Wildman–Crippen MR) is 62.2 cm³/mol. The molecular weight excluding hydrogens is 186 g/mol. The maximum absolute atomic E-state index is 5.64. The summed E-state index contributed by atoms with van der Waals surface area (Å²) in [5.41, 5.74) is 2.07. The van der Waals surface area contributed by atoms with Gasteiger partial charge in [0.25, 0.3) is 0 Å². The van der Waals surface area contributed by atoms with E-state index in [1.807, 2.05) is 39.0 Å². The van der Waals surface area contributed by atoms with E-state index >= 15 is 0 Å². The van der Waals surface area contributed by atoms with Gasteiger partial charge in [-0.2, -0.15) is 0 Å². The molecular formula is C13H15NO. The van der Waals surface area contributed by atoms with E-state index in [9.17, 15) is 0 Å². The first-order valence-corrected chi connectivity index (χ1v) is 5.20. The number of nitrogens with zero attached hydrogens (tertiary/aromatic N) is 1. The van der Waals surface area contributed by atoms with E-state index < -0.39 is 0 Å². The van der Waals surface area contributed by atoms with Gasteiger partial charge >= 0.3 is 0 Å². The zero-order valence-electron chi connectivity index (χ0n) is 9.32. The Morgan fingerprint density at radius 3 is 2.67 bits per heavy atom. The minimum atomic E-state index is 0.164. The third kappa shape index (κ3) is 2.09. The van der Waals surface area contributed by atoms with Crippen molar-refractivity contribution in [2.45, 2.75) is 26.9 Å². The molecule has 0 aliphatic rings. The fraction of sp³-hybridized carbons (Fsp3) is 0.308. The molecule has 0 amide bonds. The standard InChI is InChI=1S/C13H15NO/c1-9(2)15-13-10(3)8-11-6-4-5-7-12(11)14-13/h4-9H,1-3H3. The second kappa shape index (κ2) is 3.89. The molecule has 0 unspecified atom stereocenters. The van der Waals surface area contributed by atoms with Gasteiger partial charge in [-0.3, -0.25) is 0 Å². The van der Waals surface area contributed by atoms with E-state index in [1.165, 1.54) is 0 Å². The largest absolute Gasteiger partial charge is 0.475 e. The Kier molecular flexibility index (Phi) is 2.58. The average Bonchev–Trinajstić information content (AvgIpc) is 2.18. The minimum absolute atomic E-state index is 0.164. The molecule has 15 heavy (non-hydrogen) atoms. The van der Waals surface area contributed by atoms with Crippen LogP contribution >= 0.6 is 0 Å². The van der Waals surface area contributed by atoms with Crippen LogP contribution in [0.3, 0.4) is 0 Å². The van der Waals surface area contributed by atoms with Gasteiger partial charge in [0.05, 0.1) is 11.6 Å². The van der Waals surface area contributed by atoms with Gasteiger partial charge in [0.2, 0.25) is 5.88 Å². The first kappa shape index (κ1) is 9.97. The van der Waals surface area contributed by atoms with Crippen molar-refractivity contribution in [1.29, 1.82) is 0 Å². The number of benzene rings is 1. The van der Waals surface area contributed by atoms with Crippen LogP contribution in [0.25, 0.3) is 10.9 Å². The maximum Gasteiger partial charge on any atom is 0.217 e. The van der Waals surface area contributed by atoms with Gasteiger partial charge in [0, 0.05) is 10.9 Å². The Bertz CT molecular complexity index is 477. The van der Waals surface area contributed by atoms with Crippen LogP contribution in [0.1, 0.15) is 19.4 Å². The monoisotopic (exact) mass is 201 g/mol. The highest BCUT2D eigenvalue weighted by Crippen LogP contribution is 2.21. The molecule has 0 aliphatic carbocycles. The summed E-state index contributed by atoms with van der Waals surface area (Å²) >= 11 is 0. The Balaban J connectivity index is 2.52. The van der Waals surface area contributed by atoms with Gasteiger partial charge in [-0.05, 0) is 32.9 Å². The molecule has 0 aliphatic heterocycles. The van der Waals surface area contributed by atoms with Crippen LogP contribution in [0, 0.1) is 6.92 Å². The van der Waals surface area contributed by atoms with E-state index in [1.54, 1.807) is 0 Å². The lowest BCUT2D eigenvalue weighted by atomic mass is 10.2. The molecule has 1 aromatic heterocycles. The number of aromatic nitrogens is 1. The van der Waals surface area contributed by atoms with Gasteiger partial charge in [-0.25, -0.2) is 4.98 Å². The van der Waals surface area contributed by atoms with Gasteiger partial charge in [0.15, 0.2) is 0 Å². The molecule has 0 saturated heterocycles. The third-order valence-electron chi connectivity index (χ3n) is 2.22. The van der Waals surface area contributed by atoms with Crippen LogP contribution in [-0.4, -0.2) is 11.1 Å². The first-order valence-electron chi connectivity index (χ1n) is 5.20. The highest BCUT2D eigenvalue weighted by atomic mass is 16.5. The smallest absolute Gasteiger partial charge is 0.217 e. The molecule has 78 valence electrons. The summed E-state index contributed by atoms with van der Waals surface area (Å²) in [6.45, 7) is 6.05. The van der Waals surface area contributed by atoms with Crippen molar-refractivity contribution in [2.75, 3.05) is 0 Å². The molecule has 2 heteroatoms. The number of aryl methyl sites for hydroxylation is 1. The molecule has 1 heterocycles. The van der Waals surface area contributed by atoms with Crippen molar-refractivity contribution in [1.82, 2.24) is 4.98 Å². The number of pyridine rings is 1. The van der Waals surface area contributed by atoms with Crippen LogP contribution in [-0.2, 0) is 0 Å². The molecule has 0 bridgehead atoms. The fourth-order valence-electron chi connectivity index (χ4n) is 1.55. The Morgan fingerprint density at radius 2 is 1.93 bits per heavy atom. The quantitative estimate of drug-likeness (QED) is 0.743. The van der Waals surface area contributed by atoms with Gasteiger partial charge in [0.1, 0.15) is 0 Å². The number of rotatable bonds is 2. The van der Waals surface area contributed by atoms with Crippen molar-refractivity contribution >= 4 is 10.9 Å². The molecule has 0 radical (unpaired) electrons. The predicted octanol–water partition coefficient (Wildman–Crippen LogP) is 3.33. The highest BCUT2D eigenvalue weighted by molar-refractivity contribution is 5.79. The lowest BCUT2D eigenvalue weighted by Gasteiger charge is -2.11. The molecule has 0 atom stereocenters.